The monoisotopic (exact) mass is 492 g/mol. The molecule has 0 unspecified atom stereocenters. The standard InChI is InChI=1S/C14H11Br3N2O3/c1-7-2-9(16)13(10(17)3-7)19-12(20)6-22-14(21)11-4-8(15)5-18-11/h2-5,18H,6H2,1H3,(H,19,20). The molecule has 1 heterocycles. The Morgan fingerprint density at radius 3 is 2.36 bits per heavy atom. The molecule has 2 rings (SSSR count). The van der Waals surface area contributed by atoms with E-state index in [0.29, 0.717) is 5.69 Å². The van der Waals surface area contributed by atoms with Gasteiger partial charge in [-0.05, 0) is 78.5 Å². The van der Waals surface area contributed by atoms with E-state index < -0.39 is 11.9 Å². The van der Waals surface area contributed by atoms with Crippen molar-refractivity contribution in [1.82, 2.24) is 4.98 Å². The first kappa shape index (κ1) is 17.2. The van der Waals surface area contributed by atoms with Crippen LogP contribution in [0.1, 0.15) is 16.1 Å². The highest BCUT2D eigenvalue weighted by atomic mass is 79.9. The van der Waals surface area contributed by atoms with Crippen LogP contribution in [0.25, 0.3) is 0 Å². The summed E-state index contributed by atoms with van der Waals surface area (Å²) in [4.78, 5) is 26.3. The molecule has 1 amide bonds. The molecular weight excluding hydrogens is 484 g/mol. The van der Waals surface area contributed by atoms with Crippen LogP contribution in [0.5, 0.6) is 0 Å². The van der Waals surface area contributed by atoms with E-state index in [0.717, 1.165) is 19.0 Å². The number of nitrogens with one attached hydrogen (secondary N) is 2. The first-order valence-electron chi connectivity index (χ1n) is 6.13. The highest BCUT2D eigenvalue weighted by molar-refractivity contribution is 9.11. The maximum Gasteiger partial charge on any atom is 0.355 e. The number of carbonyl (C=O) groups excluding carboxylic acids is 2. The molecular formula is C14H11Br3N2O3. The lowest BCUT2D eigenvalue weighted by Crippen LogP contribution is -2.21. The van der Waals surface area contributed by atoms with Crippen molar-refractivity contribution in [2.75, 3.05) is 11.9 Å². The van der Waals surface area contributed by atoms with E-state index in [2.05, 4.69) is 58.1 Å². The van der Waals surface area contributed by atoms with Crippen molar-refractivity contribution < 1.29 is 14.3 Å². The van der Waals surface area contributed by atoms with Gasteiger partial charge in [-0.25, -0.2) is 4.79 Å². The van der Waals surface area contributed by atoms with Crippen molar-refractivity contribution in [1.29, 1.82) is 0 Å². The van der Waals surface area contributed by atoms with E-state index in [1.165, 1.54) is 0 Å². The zero-order valence-electron chi connectivity index (χ0n) is 11.4. The molecule has 0 saturated heterocycles. The highest BCUT2D eigenvalue weighted by Gasteiger charge is 2.14. The second kappa shape index (κ2) is 7.43. The average molecular weight is 495 g/mol. The van der Waals surface area contributed by atoms with Gasteiger partial charge in [0.1, 0.15) is 5.69 Å². The van der Waals surface area contributed by atoms with Gasteiger partial charge < -0.3 is 15.0 Å². The number of anilines is 1. The van der Waals surface area contributed by atoms with Crippen molar-refractivity contribution in [2.45, 2.75) is 6.92 Å². The van der Waals surface area contributed by atoms with Crippen molar-refractivity contribution >= 4 is 65.4 Å². The molecule has 0 aliphatic heterocycles. The lowest BCUT2D eigenvalue weighted by molar-refractivity contribution is -0.119. The van der Waals surface area contributed by atoms with Gasteiger partial charge in [-0.2, -0.15) is 0 Å². The molecule has 1 aromatic heterocycles. The third kappa shape index (κ3) is 4.44. The van der Waals surface area contributed by atoms with E-state index >= 15 is 0 Å². The summed E-state index contributed by atoms with van der Waals surface area (Å²) in [6, 6.07) is 5.33. The molecule has 0 radical (unpaired) electrons. The Hall–Kier alpha value is -1.12. The number of halogens is 3. The number of amides is 1. The highest BCUT2D eigenvalue weighted by Crippen LogP contribution is 2.32. The number of H-pyrrole nitrogens is 1. The summed E-state index contributed by atoms with van der Waals surface area (Å²) in [6.07, 6.45) is 1.61. The normalized spacial score (nSPS) is 10.4. The number of benzene rings is 1. The number of aromatic nitrogens is 1. The number of aromatic amines is 1. The zero-order valence-corrected chi connectivity index (χ0v) is 16.1. The molecule has 0 aliphatic carbocycles. The molecule has 0 saturated carbocycles. The third-order valence-electron chi connectivity index (χ3n) is 2.65. The van der Waals surface area contributed by atoms with Gasteiger partial charge in [0.15, 0.2) is 6.61 Å². The number of rotatable bonds is 4. The molecule has 0 fully saturated rings. The van der Waals surface area contributed by atoms with Gasteiger partial charge in [-0.3, -0.25) is 4.79 Å². The molecule has 2 N–H and O–H groups in total. The first-order valence-corrected chi connectivity index (χ1v) is 8.51. The fraction of sp³-hybridized carbons (Fsp3) is 0.143. The molecule has 5 nitrogen and oxygen atoms in total. The van der Waals surface area contributed by atoms with Crippen molar-refractivity contribution in [3.05, 3.63) is 49.1 Å². The van der Waals surface area contributed by atoms with Crippen molar-refractivity contribution in [3.63, 3.8) is 0 Å². The van der Waals surface area contributed by atoms with Crippen LogP contribution >= 0.6 is 47.8 Å². The fourth-order valence-electron chi connectivity index (χ4n) is 1.69. The number of ether oxygens (including phenoxy) is 1. The summed E-state index contributed by atoms with van der Waals surface area (Å²) in [5.41, 5.74) is 1.91. The minimum Gasteiger partial charge on any atom is -0.451 e. The van der Waals surface area contributed by atoms with Gasteiger partial charge in [0.05, 0.1) is 5.69 Å². The van der Waals surface area contributed by atoms with Gasteiger partial charge in [0, 0.05) is 19.6 Å². The quantitative estimate of drug-likeness (QED) is 0.619. The third-order valence-corrected chi connectivity index (χ3v) is 4.36. The summed E-state index contributed by atoms with van der Waals surface area (Å²) in [5.74, 6) is -1.02. The average Bonchev–Trinajstić information content (AvgIpc) is 2.87. The van der Waals surface area contributed by atoms with Gasteiger partial charge in [-0.15, -0.1) is 0 Å². The fourth-order valence-corrected chi connectivity index (χ4v) is 3.65. The van der Waals surface area contributed by atoms with E-state index in [4.69, 9.17) is 4.74 Å². The molecule has 1 aromatic carbocycles. The first-order chi connectivity index (χ1) is 10.4. The number of esters is 1. The molecule has 0 atom stereocenters. The minimum absolute atomic E-state index is 0.275. The van der Waals surface area contributed by atoms with Crippen LogP contribution in [0.4, 0.5) is 5.69 Å². The number of carbonyl (C=O) groups is 2. The van der Waals surface area contributed by atoms with Gasteiger partial charge >= 0.3 is 5.97 Å². The summed E-state index contributed by atoms with van der Waals surface area (Å²) < 4.78 is 7.16. The van der Waals surface area contributed by atoms with Gasteiger partial charge in [-0.1, -0.05) is 0 Å². The number of aryl methyl sites for hydroxylation is 1. The SMILES string of the molecule is Cc1cc(Br)c(NC(=O)COC(=O)c2cc(Br)c[nH]2)c(Br)c1. The Morgan fingerprint density at radius 2 is 1.82 bits per heavy atom. The Balaban J connectivity index is 1.95. The smallest absolute Gasteiger partial charge is 0.355 e. The van der Waals surface area contributed by atoms with E-state index in [-0.39, 0.29) is 12.3 Å². The molecule has 0 bridgehead atoms. The summed E-state index contributed by atoms with van der Waals surface area (Å²) in [6.45, 7) is 1.57. The van der Waals surface area contributed by atoms with Crippen molar-refractivity contribution in [2.24, 2.45) is 0 Å². The van der Waals surface area contributed by atoms with Crippen LogP contribution in [-0.4, -0.2) is 23.5 Å². The van der Waals surface area contributed by atoms with E-state index in [1.807, 2.05) is 19.1 Å². The largest absolute Gasteiger partial charge is 0.451 e. The molecule has 22 heavy (non-hydrogen) atoms. The predicted octanol–water partition coefficient (Wildman–Crippen LogP) is 4.41. The summed E-state index contributed by atoms with van der Waals surface area (Å²) in [7, 11) is 0. The van der Waals surface area contributed by atoms with Crippen LogP contribution in [0.3, 0.4) is 0 Å². The van der Waals surface area contributed by atoms with Crippen LogP contribution in [0.15, 0.2) is 37.8 Å². The Labute approximate surface area is 152 Å². The predicted molar refractivity (Wildman–Crippen MR) is 94.0 cm³/mol. The Morgan fingerprint density at radius 1 is 1.18 bits per heavy atom. The lowest BCUT2D eigenvalue weighted by Gasteiger charge is -2.11. The molecule has 116 valence electrons. The lowest BCUT2D eigenvalue weighted by atomic mass is 10.2. The molecule has 8 heteroatoms. The topological polar surface area (TPSA) is 71.2 Å². The number of hydrogen-bond acceptors (Lipinski definition) is 3. The van der Waals surface area contributed by atoms with Crippen LogP contribution < -0.4 is 5.32 Å². The van der Waals surface area contributed by atoms with E-state index in [9.17, 15) is 9.59 Å². The Bertz CT molecular complexity index is 705. The van der Waals surface area contributed by atoms with Crippen molar-refractivity contribution in [3.8, 4) is 0 Å². The maximum absolute atomic E-state index is 11.9. The van der Waals surface area contributed by atoms with Gasteiger partial charge in [0.25, 0.3) is 5.91 Å². The van der Waals surface area contributed by atoms with Crippen LogP contribution in [0, 0.1) is 6.92 Å². The Kier molecular flexibility index (Phi) is 5.82. The van der Waals surface area contributed by atoms with Crippen LogP contribution in [-0.2, 0) is 9.53 Å². The second-order valence-electron chi connectivity index (χ2n) is 4.46. The van der Waals surface area contributed by atoms with E-state index in [1.54, 1.807) is 12.3 Å². The number of hydrogen-bond donors (Lipinski definition) is 2. The zero-order chi connectivity index (χ0) is 16.3. The molecule has 0 spiro atoms. The minimum atomic E-state index is -0.595. The molecule has 2 aromatic rings. The second-order valence-corrected chi connectivity index (χ2v) is 7.08. The summed E-state index contributed by atoms with van der Waals surface area (Å²) in [5, 5.41) is 2.69. The summed E-state index contributed by atoms with van der Waals surface area (Å²) >= 11 is 9.98. The van der Waals surface area contributed by atoms with Gasteiger partial charge in [0.2, 0.25) is 0 Å². The maximum atomic E-state index is 11.9. The van der Waals surface area contributed by atoms with Crippen LogP contribution in [0.2, 0.25) is 0 Å². The molecule has 0 aliphatic rings.